The van der Waals surface area contributed by atoms with Gasteiger partial charge in [-0.1, -0.05) is 12.1 Å². The van der Waals surface area contributed by atoms with Gasteiger partial charge >= 0.3 is 0 Å². The summed E-state index contributed by atoms with van der Waals surface area (Å²) in [6, 6.07) is 5.56. The summed E-state index contributed by atoms with van der Waals surface area (Å²) < 4.78 is 11.5. The minimum atomic E-state index is 0.0542. The zero-order valence-corrected chi connectivity index (χ0v) is 11.5. The zero-order chi connectivity index (χ0) is 13.8. The fourth-order valence-electron chi connectivity index (χ4n) is 2.07. The van der Waals surface area contributed by atoms with Gasteiger partial charge < -0.3 is 20.1 Å². The van der Waals surface area contributed by atoms with E-state index in [4.69, 9.17) is 20.6 Å². The highest BCUT2D eigenvalue weighted by atomic mass is 16.5. The maximum atomic E-state index is 7.45. The molecule has 0 aromatic heterocycles. The Morgan fingerprint density at radius 2 is 2.37 bits per heavy atom. The highest BCUT2D eigenvalue weighted by molar-refractivity contribution is 5.95. The molecule has 5 nitrogen and oxygen atoms in total. The molecule has 1 aromatic carbocycles. The number of aryl methyl sites for hydroxylation is 1. The van der Waals surface area contributed by atoms with E-state index in [9.17, 15) is 0 Å². The van der Waals surface area contributed by atoms with Crippen LogP contribution in [0, 0.1) is 12.3 Å². The molecule has 5 heteroatoms. The predicted octanol–water partition coefficient (Wildman–Crippen LogP) is 0.988. The van der Waals surface area contributed by atoms with Gasteiger partial charge in [-0.2, -0.15) is 0 Å². The Bertz CT molecular complexity index is 462. The second kappa shape index (κ2) is 6.04. The van der Waals surface area contributed by atoms with Crippen molar-refractivity contribution in [3.8, 4) is 5.75 Å². The summed E-state index contributed by atoms with van der Waals surface area (Å²) in [6.07, 6.45) is 0.0964. The number of hydrogen-bond acceptors (Lipinski definition) is 4. The van der Waals surface area contributed by atoms with Gasteiger partial charge in [0.05, 0.1) is 6.61 Å². The van der Waals surface area contributed by atoms with Crippen LogP contribution in [0.2, 0.25) is 0 Å². The van der Waals surface area contributed by atoms with E-state index in [-0.39, 0.29) is 11.9 Å². The average molecular weight is 263 g/mol. The molecule has 3 N–H and O–H groups in total. The summed E-state index contributed by atoms with van der Waals surface area (Å²) in [5.41, 5.74) is 7.21. The number of rotatable bonds is 4. The fraction of sp³-hybridized carbons (Fsp3) is 0.500. The van der Waals surface area contributed by atoms with Crippen LogP contribution in [-0.2, 0) is 4.74 Å². The van der Waals surface area contributed by atoms with Crippen LogP contribution in [0.5, 0.6) is 5.75 Å². The molecule has 0 radical (unpaired) electrons. The quantitative estimate of drug-likeness (QED) is 0.627. The molecule has 1 aliphatic rings. The lowest BCUT2D eigenvalue weighted by atomic mass is 10.1. The van der Waals surface area contributed by atoms with Crippen molar-refractivity contribution < 1.29 is 9.47 Å². The second-order valence-electron chi connectivity index (χ2n) is 4.96. The van der Waals surface area contributed by atoms with Gasteiger partial charge in [-0.15, -0.1) is 0 Å². The van der Waals surface area contributed by atoms with Gasteiger partial charge in [0.25, 0.3) is 0 Å². The van der Waals surface area contributed by atoms with E-state index in [1.54, 1.807) is 0 Å². The van der Waals surface area contributed by atoms with Crippen LogP contribution >= 0.6 is 0 Å². The van der Waals surface area contributed by atoms with Crippen LogP contribution in [-0.4, -0.2) is 50.2 Å². The van der Waals surface area contributed by atoms with Crippen LogP contribution in [0.25, 0.3) is 0 Å². The molecule has 1 aliphatic heterocycles. The van der Waals surface area contributed by atoms with E-state index < -0.39 is 0 Å². The fourth-order valence-corrected chi connectivity index (χ4v) is 2.07. The maximum Gasteiger partial charge on any atom is 0.123 e. The Balaban J connectivity index is 1.98. The summed E-state index contributed by atoms with van der Waals surface area (Å²) in [5, 5.41) is 7.45. The molecule has 19 heavy (non-hydrogen) atoms. The van der Waals surface area contributed by atoms with E-state index in [0.717, 1.165) is 31.0 Å². The van der Waals surface area contributed by atoms with Crippen LogP contribution in [0.4, 0.5) is 0 Å². The van der Waals surface area contributed by atoms with E-state index in [2.05, 4.69) is 11.9 Å². The van der Waals surface area contributed by atoms with Crippen molar-refractivity contribution in [2.24, 2.45) is 5.73 Å². The van der Waals surface area contributed by atoms with Crippen molar-refractivity contribution in [3.63, 3.8) is 0 Å². The van der Waals surface area contributed by atoms with Crippen LogP contribution in [0.1, 0.15) is 11.1 Å². The lowest BCUT2D eigenvalue weighted by molar-refractivity contribution is -0.0404. The number of likely N-dealkylation sites (N-methyl/N-ethyl adjacent to an activating group) is 1. The first-order chi connectivity index (χ1) is 9.06. The van der Waals surface area contributed by atoms with Gasteiger partial charge in [0.2, 0.25) is 0 Å². The number of ether oxygens (including phenoxy) is 2. The Kier molecular flexibility index (Phi) is 4.39. The average Bonchev–Trinajstić information content (AvgIpc) is 2.37. The summed E-state index contributed by atoms with van der Waals surface area (Å²) >= 11 is 0. The third-order valence-corrected chi connectivity index (χ3v) is 3.27. The van der Waals surface area contributed by atoms with Gasteiger partial charge in [0.1, 0.15) is 24.3 Å². The topological polar surface area (TPSA) is 71.6 Å². The van der Waals surface area contributed by atoms with Crippen molar-refractivity contribution in [2.45, 2.75) is 13.0 Å². The molecule has 0 saturated carbocycles. The molecule has 1 unspecified atom stereocenters. The Labute approximate surface area is 113 Å². The van der Waals surface area contributed by atoms with Gasteiger partial charge in [-0.3, -0.25) is 5.41 Å². The summed E-state index contributed by atoms with van der Waals surface area (Å²) in [7, 11) is 2.08. The van der Waals surface area contributed by atoms with Crippen LogP contribution < -0.4 is 10.5 Å². The molecule has 0 bridgehead atoms. The highest BCUT2D eigenvalue weighted by Crippen LogP contribution is 2.20. The molecule has 0 aliphatic carbocycles. The standard InChI is InChI=1S/C14H21N3O2/c1-10-3-4-11(14(15)16)7-13(10)19-9-12-8-17(2)5-6-18-12/h3-4,7,12H,5-6,8-9H2,1-2H3,(H3,15,16). The molecule has 1 saturated heterocycles. The number of morpholine rings is 1. The van der Waals surface area contributed by atoms with E-state index >= 15 is 0 Å². The molecular weight excluding hydrogens is 242 g/mol. The molecule has 104 valence electrons. The minimum absolute atomic E-state index is 0.0542. The molecule has 1 fully saturated rings. The first kappa shape index (κ1) is 13.8. The lowest BCUT2D eigenvalue weighted by Crippen LogP contribution is -2.42. The number of nitrogens with one attached hydrogen (secondary N) is 1. The van der Waals surface area contributed by atoms with Crippen LogP contribution in [0.3, 0.4) is 0 Å². The van der Waals surface area contributed by atoms with E-state index in [1.807, 2.05) is 25.1 Å². The third kappa shape index (κ3) is 3.68. The largest absolute Gasteiger partial charge is 0.491 e. The van der Waals surface area contributed by atoms with Crippen LogP contribution in [0.15, 0.2) is 18.2 Å². The number of nitrogens with zero attached hydrogens (tertiary/aromatic N) is 1. The molecule has 1 aromatic rings. The summed E-state index contributed by atoms with van der Waals surface area (Å²) in [4.78, 5) is 2.23. The monoisotopic (exact) mass is 263 g/mol. The molecule has 1 heterocycles. The van der Waals surface area contributed by atoms with Crippen molar-refractivity contribution in [3.05, 3.63) is 29.3 Å². The van der Waals surface area contributed by atoms with E-state index in [0.29, 0.717) is 12.2 Å². The summed E-state index contributed by atoms with van der Waals surface area (Å²) in [6.45, 7) is 5.09. The third-order valence-electron chi connectivity index (χ3n) is 3.27. The second-order valence-corrected chi connectivity index (χ2v) is 4.96. The number of amidine groups is 1. The zero-order valence-electron chi connectivity index (χ0n) is 11.5. The number of hydrogen-bond donors (Lipinski definition) is 2. The molecule has 0 spiro atoms. The number of nitrogen functional groups attached to an aromatic ring is 1. The maximum absolute atomic E-state index is 7.45. The minimum Gasteiger partial charge on any atom is -0.491 e. The SMILES string of the molecule is Cc1ccc(C(=N)N)cc1OCC1CN(C)CCO1. The Morgan fingerprint density at radius 1 is 1.58 bits per heavy atom. The van der Waals surface area contributed by atoms with Gasteiger partial charge in [0.15, 0.2) is 0 Å². The van der Waals surface area contributed by atoms with Crippen molar-refractivity contribution in [1.82, 2.24) is 4.90 Å². The smallest absolute Gasteiger partial charge is 0.123 e. The van der Waals surface area contributed by atoms with Crippen molar-refractivity contribution >= 4 is 5.84 Å². The first-order valence-corrected chi connectivity index (χ1v) is 6.44. The molecule has 1 atom stereocenters. The highest BCUT2D eigenvalue weighted by Gasteiger charge is 2.18. The summed E-state index contributed by atoms with van der Waals surface area (Å²) in [5.74, 6) is 0.822. The predicted molar refractivity (Wildman–Crippen MR) is 74.9 cm³/mol. The van der Waals surface area contributed by atoms with Gasteiger partial charge in [0, 0.05) is 18.7 Å². The van der Waals surface area contributed by atoms with Gasteiger partial charge in [-0.05, 0) is 25.6 Å². The Morgan fingerprint density at radius 3 is 3.05 bits per heavy atom. The first-order valence-electron chi connectivity index (χ1n) is 6.44. The molecular formula is C14H21N3O2. The van der Waals surface area contributed by atoms with Gasteiger partial charge in [-0.25, -0.2) is 0 Å². The lowest BCUT2D eigenvalue weighted by Gasteiger charge is -2.30. The van der Waals surface area contributed by atoms with E-state index in [1.165, 1.54) is 0 Å². The van der Waals surface area contributed by atoms with Crippen molar-refractivity contribution in [2.75, 3.05) is 33.4 Å². The number of nitrogens with two attached hydrogens (primary N) is 1. The Hall–Kier alpha value is -1.59. The molecule has 0 amide bonds. The molecule has 2 rings (SSSR count). The van der Waals surface area contributed by atoms with Crippen molar-refractivity contribution in [1.29, 1.82) is 5.41 Å². The number of benzene rings is 1. The normalized spacial score (nSPS) is 20.2.